The van der Waals surface area contributed by atoms with Crippen molar-refractivity contribution >= 4 is 11.6 Å². The lowest BCUT2D eigenvalue weighted by Gasteiger charge is -2.11. The van der Waals surface area contributed by atoms with Crippen molar-refractivity contribution in [1.82, 2.24) is 5.32 Å². The highest BCUT2D eigenvalue weighted by Crippen LogP contribution is 2.28. The van der Waals surface area contributed by atoms with E-state index >= 15 is 0 Å². The van der Waals surface area contributed by atoms with Gasteiger partial charge in [0, 0.05) is 11.6 Å². The van der Waals surface area contributed by atoms with Gasteiger partial charge in [-0.25, -0.2) is 4.39 Å². The Bertz CT molecular complexity index is 546. The molecule has 2 aromatic carbocycles. The van der Waals surface area contributed by atoms with Crippen LogP contribution in [0.15, 0.2) is 36.4 Å². The first-order valence-corrected chi connectivity index (χ1v) is 6.18. The smallest absolute Gasteiger partial charge is 0.125 e. The normalized spacial score (nSPS) is 10.7. The van der Waals surface area contributed by atoms with E-state index < -0.39 is 0 Å². The Hall–Kier alpha value is -1.38. The van der Waals surface area contributed by atoms with Crippen molar-refractivity contribution in [3.8, 4) is 11.1 Å². The van der Waals surface area contributed by atoms with Crippen molar-refractivity contribution < 1.29 is 4.39 Å². The van der Waals surface area contributed by atoms with Gasteiger partial charge in [-0.3, -0.25) is 0 Å². The zero-order chi connectivity index (χ0) is 13.1. The van der Waals surface area contributed by atoms with E-state index in [1.165, 1.54) is 12.1 Å². The molecular formula is C15H15ClFN. The number of halogens is 2. The summed E-state index contributed by atoms with van der Waals surface area (Å²) in [6.45, 7) is 2.76. The van der Waals surface area contributed by atoms with Crippen LogP contribution >= 0.6 is 11.6 Å². The molecule has 2 aromatic rings. The second-order valence-corrected chi connectivity index (χ2v) is 4.79. The van der Waals surface area contributed by atoms with Crippen LogP contribution in [0.4, 0.5) is 4.39 Å². The molecule has 0 bridgehead atoms. The van der Waals surface area contributed by atoms with Crippen LogP contribution < -0.4 is 5.32 Å². The van der Waals surface area contributed by atoms with Crippen LogP contribution in [0.5, 0.6) is 0 Å². The molecule has 1 N–H and O–H groups in total. The largest absolute Gasteiger partial charge is 0.316 e. The average molecular weight is 264 g/mol. The van der Waals surface area contributed by atoms with Gasteiger partial charge in [-0.2, -0.15) is 0 Å². The van der Waals surface area contributed by atoms with Gasteiger partial charge in [-0.05, 0) is 48.9 Å². The van der Waals surface area contributed by atoms with Crippen molar-refractivity contribution in [1.29, 1.82) is 0 Å². The summed E-state index contributed by atoms with van der Waals surface area (Å²) < 4.78 is 13.4. The molecule has 0 spiro atoms. The predicted molar refractivity (Wildman–Crippen MR) is 74.3 cm³/mol. The SMILES string of the molecule is CNCc1ccc(C)cc1-c1cc(F)cc(Cl)c1. The summed E-state index contributed by atoms with van der Waals surface area (Å²) in [4.78, 5) is 0. The van der Waals surface area contributed by atoms with Gasteiger partial charge in [-0.1, -0.05) is 35.4 Å². The maximum atomic E-state index is 13.4. The molecule has 0 atom stereocenters. The van der Waals surface area contributed by atoms with E-state index in [1.807, 2.05) is 14.0 Å². The van der Waals surface area contributed by atoms with E-state index in [0.29, 0.717) is 5.02 Å². The summed E-state index contributed by atoms with van der Waals surface area (Å²) in [7, 11) is 1.89. The van der Waals surface area contributed by atoms with Crippen LogP contribution in [0.2, 0.25) is 5.02 Å². The number of benzene rings is 2. The molecule has 0 aliphatic heterocycles. The summed E-state index contributed by atoms with van der Waals surface area (Å²) in [6.07, 6.45) is 0. The molecule has 0 heterocycles. The van der Waals surface area contributed by atoms with Gasteiger partial charge < -0.3 is 5.32 Å². The van der Waals surface area contributed by atoms with Gasteiger partial charge in [0.2, 0.25) is 0 Å². The first-order valence-electron chi connectivity index (χ1n) is 5.81. The van der Waals surface area contributed by atoms with Crippen LogP contribution in [0, 0.1) is 12.7 Å². The Labute approximate surface area is 112 Å². The highest BCUT2D eigenvalue weighted by molar-refractivity contribution is 6.30. The summed E-state index contributed by atoms with van der Waals surface area (Å²) in [5, 5.41) is 3.53. The molecule has 3 heteroatoms. The molecule has 0 aliphatic carbocycles. The molecule has 0 unspecified atom stereocenters. The highest BCUT2D eigenvalue weighted by Gasteiger charge is 2.07. The van der Waals surface area contributed by atoms with E-state index in [-0.39, 0.29) is 5.82 Å². The summed E-state index contributed by atoms with van der Waals surface area (Å²) in [5.41, 5.74) is 4.11. The van der Waals surface area contributed by atoms with E-state index in [2.05, 4.69) is 23.5 Å². The molecule has 0 radical (unpaired) electrons. The topological polar surface area (TPSA) is 12.0 Å². The number of hydrogen-bond acceptors (Lipinski definition) is 1. The fourth-order valence-electron chi connectivity index (χ4n) is 2.01. The molecule has 18 heavy (non-hydrogen) atoms. The lowest BCUT2D eigenvalue weighted by molar-refractivity contribution is 0.628. The number of nitrogens with one attached hydrogen (secondary N) is 1. The number of rotatable bonds is 3. The van der Waals surface area contributed by atoms with Gasteiger partial charge in [0.15, 0.2) is 0 Å². The molecule has 94 valence electrons. The Morgan fingerprint density at radius 1 is 1.17 bits per heavy atom. The Morgan fingerprint density at radius 3 is 2.61 bits per heavy atom. The number of hydrogen-bond donors (Lipinski definition) is 1. The Kier molecular flexibility index (Phi) is 4.00. The van der Waals surface area contributed by atoms with Crippen LogP contribution in [-0.4, -0.2) is 7.05 Å². The molecule has 0 aromatic heterocycles. The van der Waals surface area contributed by atoms with Gasteiger partial charge in [-0.15, -0.1) is 0 Å². The third kappa shape index (κ3) is 2.89. The molecule has 0 aliphatic rings. The predicted octanol–water partition coefficient (Wildman–Crippen LogP) is 4.17. The second kappa shape index (κ2) is 5.51. The third-order valence-corrected chi connectivity index (χ3v) is 3.02. The van der Waals surface area contributed by atoms with E-state index in [4.69, 9.17) is 11.6 Å². The van der Waals surface area contributed by atoms with E-state index in [1.54, 1.807) is 6.07 Å². The van der Waals surface area contributed by atoms with Crippen LogP contribution in [-0.2, 0) is 6.54 Å². The van der Waals surface area contributed by atoms with Crippen LogP contribution in [0.1, 0.15) is 11.1 Å². The molecular weight excluding hydrogens is 249 g/mol. The lowest BCUT2D eigenvalue weighted by Crippen LogP contribution is -2.06. The minimum atomic E-state index is -0.311. The highest BCUT2D eigenvalue weighted by atomic mass is 35.5. The molecule has 0 saturated carbocycles. The zero-order valence-electron chi connectivity index (χ0n) is 10.4. The fourth-order valence-corrected chi connectivity index (χ4v) is 2.23. The van der Waals surface area contributed by atoms with Crippen molar-refractivity contribution in [3.63, 3.8) is 0 Å². The molecule has 0 amide bonds. The lowest BCUT2D eigenvalue weighted by atomic mass is 9.97. The van der Waals surface area contributed by atoms with Crippen LogP contribution in [0.25, 0.3) is 11.1 Å². The average Bonchev–Trinajstić information content (AvgIpc) is 2.30. The maximum Gasteiger partial charge on any atom is 0.125 e. The van der Waals surface area contributed by atoms with Crippen molar-refractivity contribution in [2.24, 2.45) is 0 Å². The summed E-state index contributed by atoms with van der Waals surface area (Å²) in [6, 6.07) is 10.8. The first kappa shape index (κ1) is 13.1. The van der Waals surface area contributed by atoms with Gasteiger partial charge in [0.25, 0.3) is 0 Å². The monoisotopic (exact) mass is 263 g/mol. The van der Waals surface area contributed by atoms with Crippen molar-refractivity contribution in [3.05, 3.63) is 58.4 Å². The van der Waals surface area contributed by atoms with Crippen molar-refractivity contribution in [2.75, 3.05) is 7.05 Å². The minimum Gasteiger partial charge on any atom is -0.316 e. The fraction of sp³-hybridized carbons (Fsp3) is 0.200. The van der Waals surface area contributed by atoms with Crippen LogP contribution in [0.3, 0.4) is 0 Å². The number of aryl methyl sites for hydroxylation is 1. The molecule has 0 fully saturated rings. The Balaban J connectivity index is 2.57. The molecule has 2 rings (SSSR count). The molecule has 0 saturated heterocycles. The first-order chi connectivity index (χ1) is 8.60. The minimum absolute atomic E-state index is 0.311. The zero-order valence-corrected chi connectivity index (χ0v) is 11.2. The summed E-state index contributed by atoms with van der Waals surface area (Å²) in [5.74, 6) is -0.311. The maximum absolute atomic E-state index is 13.4. The van der Waals surface area contributed by atoms with Crippen molar-refractivity contribution in [2.45, 2.75) is 13.5 Å². The third-order valence-electron chi connectivity index (χ3n) is 2.81. The summed E-state index contributed by atoms with van der Waals surface area (Å²) >= 11 is 5.91. The second-order valence-electron chi connectivity index (χ2n) is 4.35. The quantitative estimate of drug-likeness (QED) is 0.876. The van der Waals surface area contributed by atoms with Gasteiger partial charge >= 0.3 is 0 Å². The molecule has 1 nitrogen and oxygen atoms in total. The van der Waals surface area contributed by atoms with Gasteiger partial charge in [0.1, 0.15) is 5.82 Å². The van der Waals surface area contributed by atoms with E-state index in [9.17, 15) is 4.39 Å². The van der Waals surface area contributed by atoms with E-state index in [0.717, 1.165) is 28.8 Å². The Morgan fingerprint density at radius 2 is 1.94 bits per heavy atom. The standard InChI is InChI=1S/C15H15ClFN/c1-10-3-4-11(9-18-2)15(5-10)12-6-13(16)8-14(17)7-12/h3-8,18H,9H2,1-2H3. The van der Waals surface area contributed by atoms with Gasteiger partial charge in [0.05, 0.1) is 0 Å².